The largest absolute Gasteiger partial charge is 0.481 e. The van der Waals surface area contributed by atoms with E-state index in [1.54, 1.807) is 4.90 Å². The Kier molecular flexibility index (Phi) is 2.90. The second kappa shape index (κ2) is 4.18. The number of carboxylic acid groups (broad SMARTS) is 1. The number of hydrogen-bond donors (Lipinski definition) is 1. The van der Waals surface area contributed by atoms with Gasteiger partial charge in [0.15, 0.2) is 0 Å². The molecule has 0 aromatic carbocycles. The first-order chi connectivity index (χ1) is 7.16. The van der Waals surface area contributed by atoms with E-state index in [9.17, 15) is 9.59 Å². The van der Waals surface area contributed by atoms with Crippen LogP contribution in [0.15, 0.2) is 0 Å². The number of likely N-dealkylation sites (tertiary alicyclic amines) is 1. The number of carboxylic acids is 1. The van der Waals surface area contributed by atoms with Gasteiger partial charge in [-0.25, -0.2) is 0 Å². The van der Waals surface area contributed by atoms with E-state index in [4.69, 9.17) is 9.84 Å². The van der Waals surface area contributed by atoms with Crippen molar-refractivity contribution in [2.45, 2.75) is 25.4 Å². The van der Waals surface area contributed by atoms with E-state index >= 15 is 0 Å². The van der Waals surface area contributed by atoms with Crippen molar-refractivity contribution in [3.05, 3.63) is 0 Å². The molecule has 2 fully saturated rings. The molecule has 84 valence electrons. The van der Waals surface area contributed by atoms with Gasteiger partial charge in [0.25, 0.3) is 5.91 Å². The summed E-state index contributed by atoms with van der Waals surface area (Å²) >= 11 is 0. The standard InChI is InChI=1S/C10H15NO4/c12-9(13)4-7-5-11(6-7)10(14)8-2-1-3-15-8/h7-8H,1-6H2,(H,12,13). The van der Waals surface area contributed by atoms with Crippen molar-refractivity contribution in [2.75, 3.05) is 19.7 Å². The summed E-state index contributed by atoms with van der Waals surface area (Å²) in [4.78, 5) is 23.8. The second-order valence-corrected chi connectivity index (χ2v) is 4.21. The number of amides is 1. The highest BCUT2D eigenvalue weighted by molar-refractivity contribution is 5.82. The topological polar surface area (TPSA) is 66.8 Å². The molecule has 1 unspecified atom stereocenters. The zero-order valence-corrected chi connectivity index (χ0v) is 8.52. The molecule has 15 heavy (non-hydrogen) atoms. The molecule has 5 heteroatoms. The third kappa shape index (κ3) is 2.28. The zero-order valence-electron chi connectivity index (χ0n) is 8.52. The van der Waals surface area contributed by atoms with Crippen molar-refractivity contribution in [1.29, 1.82) is 0 Å². The number of carbonyl (C=O) groups is 2. The summed E-state index contributed by atoms with van der Waals surface area (Å²) in [5, 5.41) is 8.56. The lowest BCUT2D eigenvalue weighted by atomic mass is 9.95. The Hall–Kier alpha value is -1.10. The van der Waals surface area contributed by atoms with Gasteiger partial charge in [-0.15, -0.1) is 0 Å². The third-order valence-corrected chi connectivity index (χ3v) is 2.94. The van der Waals surface area contributed by atoms with Crippen molar-refractivity contribution in [3.63, 3.8) is 0 Å². The average molecular weight is 213 g/mol. The monoisotopic (exact) mass is 213 g/mol. The Labute approximate surface area is 88.0 Å². The minimum atomic E-state index is -0.788. The lowest BCUT2D eigenvalue weighted by Gasteiger charge is -2.39. The molecule has 2 heterocycles. The summed E-state index contributed by atoms with van der Waals surface area (Å²) in [5.74, 6) is -0.619. The van der Waals surface area contributed by atoms with E-state index in [0.29, 0.717) is 19.7 Å². The van der Waals surface area contributed by atoms with E-state index in [-0.39, 0.29) is 24.3 Å². The van der Waals surface area contributed by atoms with E-state index < -0.39 is 5.97 Å². The SMILES string of the molecule is O=C(O)CC1CN(C(=O)C2CCCO2)C1. The van der Waals surface area contributed by atoms with Crippen LogP contribution in [0.1, 0.15) is 19.3 Å². The molecule has 1 atom stereocenters. The van der Waals surface area contributed by atoms with Crippen LogP contribution in [0.2, 0.25) is 0 Å². The van der Waals surface area contributed by atoms with Gasteiger partial charge in [-0.1, -0.05) is 0 Å². The normalized spacial score (nSPS) is 26.4. The number of aliphatic carboxylic acids is 1. The highest BCUT2D eigenvalue weighted by Crippen LogP contribution is 2.23. The average Bonchev–Trinajstić information content (AvgIpc) is 2.61. The fraction of sp³-hybridized carbons (Fsp3) is 0.800. The first kappa shape index (κ1) is 10.4. The maximum Gasteiger partial charge on any atom is 0.303 e. The van der Waals surface area contributed by atoms with Gasteiger partial charge in [-0.3, -0.25) is 9.59 Å². The summed E-state index contributed by atoms with van der Waals surface area (Å²) < 4.78 is 5.28. The maximum atomic E-state index is 11.7. The Morgan fingerprint density at radius 1 is 1.40 bits per heavy atom. The number of nitrogens with zero attached hydrogens (tertiary/aromatic N) is 1. The molecule has 5 nitrogen and oxygen atoms in total. The van der Waals surface area contributed by atoms with Crippen LogP contribution in [0, 0.1) is 5.92 Å². The number of ether oxygens (including phenoxy) is 1. The van der Waals surface area contributed by atoms with Gasteiger partial charge in [-0.05, 0) is 12.8 Å². The Morgan fingerprint density at radius 2 is 2.13 bits per heavy atom. The molecular formula is C10H15NO4. The summed E-state index contributed by atoms with van der Waals surface area (Å²) in [7, 11) is 0. The van der Waals surface area contributed by atoms with Crippen LogP contribution >= 0.6 is 0 Å². The molecule has 2 saturated heterocycles. The lowest BCUT2D eigenvalue weighted by Crippen LogP contribution is -2.53. The molecule has 0 bridgehead atoms. The summed E-state index contributed by atoms with van der Waals surface area (Å²) in [6.07, 6.45) is 1.65. The Balaban J connectivity index is 1.74. The molecule has 1 amide bonds. The molecule has 0 aliphatic carbocycles. The van der Waals surface area contributed by atoms with Crippen molar-refractivity contribution in [2.24, 2.45) is 5.92 Å². The van der Waals surface area contributed by atoms with Crippen LogP contribution in [-0.2, 0) is 14.3 Å². The highest BCUT2D eigenvalue weighted by Gasteiger charge is 2.36. The number of hydrogen-bond acceptors (Lipinski definition) is 3. The van der Waals surface area contributed by atoms with E-state index in [0.717, 1.165) is 12.8 Å². The van der Waals surface area contributed by atoms with Crippen LogP contribution in [0.25, 0.3) is 0 Å². The van der Waals surface area contributed by atoms with E-state index in [2.05, 4.69) is 0 Å². The fourth-order valence-electron chi connectivity index (χ4n) is 2.10. The fourth-order valence-corrected chi connectivity index (χ4v) is 2.10. The minimum Gasteiger partial charge on any atom is -0.481 e. The van der Waals surface area contributed by atoms with Gasteiger partial charge in [-0.2, -0.15) is 0 Å². The molecule has 0 saturated carbocycles. The summed E-state index contributed by atoms with van der Waals surface area (Å²) in [5.41, 5.74) is 0. The first-order valence-corrected chi connectivity index (χ1v) is 5.29. The van der Waals surface area contributed by atoms with Crippen LogP contribution in [-0.4, -0.2) is 47.7 Å². The first-order valence-electron chi connectivity index (χ1n) is 5.29. The van der Waals surface area contributed by atoms with Crippen LogP contribution < -0.4 is 0 Å². The molecular weight excluding hydrogens is 198 g/mol. The molecule has 0 spiro atoms. The van der Waals surface area contributed by atoms with Crippen molar-refractivity contribution in [3.8, 4) is 0 Å². The van der Waals surface area contributed by atoms with Gasteiger partial charge in [0.1, 0.15) is 6.10 Å². The predicted octanol–water partition coefficient (Wildman–Crippen LogP) is 0.0985. The van der Waals surface area contributed by atoms with E-state index in [1.165, 1.54) is 0 Å². The Morgan fingerprint density at radius 3 is 2.67 bits per heavy atom. The van der Waals surface area contributed by atoms with Crippen molar-refractivity contribution >= 4 is 11.9 Å². The zero-order chi connectivity index (χ0) is 10.8. The van der Waals surface area contributed by atoms with Gasteiger partial charge in [0.2, 0.25) is 0 Å². The minimum absolute atomic E-state index is 0.0362. The van der Waals surface area contributed by atoms with Gasteiger partial charge in [0.05, 0.1) is 6.42 Å². The molecule has 2 rings (SSSR count). The van der Waals surface area contributed by atoms with Crippen molar-refractivity contribution < 1.29 is 19.4 Å². The summed E-state index contributed by atoms with van der Waals surface area (Å²) in [6.45, 7) is 1.82. The van der Waals surface area contributed by atoms with Gasteiger partial charge < -0.3 is 14.7 Å². The molecule has 2 aliphatic heterocycles. The Bertz CT molecular complexity index is 267. The predicted molar refractivity (Wildman–Crippen MR) is 51.3 cm³/mol. The molecule has 0 aromatic heterocycles. The molecule has 1 N–H and O–H groups in total. The van der Waals surface area contributed by atoms with Crippen LogP contribution in [0.3, 0.4) is 0 Å². The molecule has 0 aromatic rings. The van der Waals surface area contributed by atoms with Gasteiger partial charge >= 0.3 is 5.97 Å². The maximum absolute atomic E-state index is 11.7. The van der Waals surface area contributed by atoms with Crippen LogP contribution in [0.4, 0.5) is 0 Å². The third-order valence-electron chi connectivity index (χ3n) is 2.94. The van der Waals surface area contributed by atoms with E-state index in [1.807, 2.05) is 0 Å². The number of carbonyl (C=O) groups excluding carboxylic acids is 1. The molecule has 0 radical (unpaired) electrons. The smallest absolute Gasteiger partial charge is 0.303 e. The van der Waals surface area contributed by atoms with Crippen molar-refractivity contribution in [1.82, 2.24) is 4.90 Å². The second-order valence-electron chi connectivity index (χ2n) is 4.21. The van der Waals surface area contributed by atoms with Crippen LogP contribution in [0.5, 0.6) is 0 Å². The van der Waals surface area contributed by atoms with Gasteiger partial charge in [0, 0.05) is 25.6 Å². The summed E-state index contributed by atoms with van der Waals surface area (Å²) in [6, 6.07) is 0. The number of rotatable bonds is 3. The molecule has 2 aliphatic rings. The lowest BCUT2D eigenvalue weighted by molar-refractivity contribution is -0.151. The highest BCUT2D eigenvalue weighted by atomic mass is 16.5. The quantitative estimate of drug-likeness (QED) is 0.722.